The number of hydrogen-bond acceptors (Lipinski definition) is 4. The predicted octanol–water partition coefficient (Wildman–Crippen LogP) is 1.83. The average molecular weight is 319 g/mol. The summed E-state index contributed by atoms with van der Waals surface area (Å²) in [6.07, 6.45) is 7.35. The standard InChI is InChI=1S/C13H11BrN4O/c14-11-3-9(4-15-6-11)13(19)18-2-1-12-10(7-18)5-16-8-17-12/h3-6,8H,1-2,7H2. The van der Waals surface area contributed by atoms with E-state index in [-0.39, 0.29) is 5.91 Å². The van der Waals surface area contributed by atoms with Gasteiger partial charge in [-0.15, -0.1) is 0 Å². The van der Waals surface area contributed by atoms with Crippen molar-refractivity contribution in [3.63, 3.8) is 0 Å². The summed E-state index contributed by atoms with van der Waals surface area (Å²) in [5.74, 6) is -0.0108. The largest absolute Gasteiger partial charge is 0.334 e. The fraction of sp³-hybridized carbons (Fsp3) is 0.231. The van der Waals surface area contributed by atoms with Crippen LogP contribution < -0.4 is 0 Å². The van der Waals surface area contributed by atoms with Crippen LogP contribution in [0.15, 0.2) is 35.5 Å². The summed E-state index contributed by atoms with van der Waals surface area (Å²) in [6.45, 7) is 1.23. The van der Waals surface area contributed by atoms with Crippen LogP contribution >= 0.6 is 15.9 Å². The van der Waals surface area contributed by atoms with Gasteiger partial charge < -0.3 is 4.90 Å². The van der Waals surface area contributed by atoms with Crippen LogP contribution in [0.2, 0.25) is 0 Å². The van der Waals surface area contributed by atoms with Crippen molar-refractivity contribution in [2.75, 3.05) is 6.54 Å². The van der Waals surface area contributed by atoms with Gasteiger partial charge in [-0.25, -0.2) is 9.97 Å². The summed E-state index contributed by atoms with van der Waals surface area (Å²) >= 11 is 3.33. The van der Waals surface area contributed by atoms with Gasteiger partial charge in [0.15, 0.2) is 0 Å². The maximum atomic E-state index is 12.4. The van der Waals surface area contributed by atoms with Crippen molar-refractivity contribution in [2.45, 2.75) is 13.0 Å². The molecule has 5 nitrogen and oxygen atoms in total. The van der Waals surface area contributed by atoms with Gasteiger partial charge >= 0.3 is 0 Å². The van der Waals surface area contributed by atoms with Crippen molar-refractivity contribution in [1.82, 2.24) is 19.9 Å². The number of hydrogen-bond donors (Lipinski definition) is 0. The lowest BCUT2D eigenvalue weighted by molar-refractivity contribution is 0.0732. The number of fused-ring (bicyclic) bond motifs is 1. The zero-order chi connectivity index (χ0) is 13.2. The molecule has 0 aromatic carbocycles. The van der Waals surface area contributed by atoms with E-state index in [0.29, 0.717) is 18.7 Å². The van der Waals surface area contributed by atoms with Gasteiger partial charge in [0.05, 0.1) is 11.3 Å². The average Bonchev–Trinajstić information content (AvgIpc) is 2.46. The molecule has 2 aromatic rings. The molecule has 96 valence electrons. The van der Waals surface area contributed by atoms with Crippen LogP contribution in [0.5, 0.6) is 0 Å². The molecule has 0 unspecified atom stereocenters. The molecule has 1 amide bonds. The highest BCUT2D eigenvalue weighted by Crippen LogP contribution is 2.18. The minimum atomic E-state index is -0.0108. The van der Waals surface area contributed by atoms with Crippen LogP contribution in [0.4, 0.5) is 0 Å². The lowest BCUT2D eigenvalue weighted by Crippen LogP contribution is -2.36. The Balaban J connectivity index is 1.83. The third-order valence-electron chi connectivity index (χ3n) is 3.10. The molecule has 0 aliphatic carbocycles. The third-order valence-corrected chi connectivity index (χ3v) is 3.53. The Kier molecular flexibility index (Phi) is 3.25. The van der Waals surface area contributed by atoms with Crippen molar-refractivity contribution >= 4 is 21.8 Å². The molecule has 1 aliphatic heterocycles. The van der Waals surface area contributed by atoms with Crippen LogP contribution in [0.1, 0.15) is 21.6 Å². The Morgan fingerprint density at radius 3 is 3.00 bits per heavy atom. The van der Waals surface area contributed by atoms with Gasteiger partial charge in [-0.2, -0.15) is 0 Å². The number of carbonyl (C=O) groups is 1. The highest BCUT2D eigenvalue weighted by molar-refractivity contribution is 9.10. The molecule has 0 spiro atoms. The number of carbonyl (C=O) groups excluding carboxylic acids is 1. The van der Waals surface area contributed by atoms with Crippen LogP contribution in [0.3, 0.4) is 0 Å². The Labute approximate surface area is 118 Å². The second kappa shape index (κ2) is 5.05. The van der Waals surface area contributed by atoms with Crippen molar-refractivity contribution < 1.29 is 4.79 Å². The molecule has 0 atom stereocenters. The minimum absolute atomic E-state index is 0.0108. The fourth-order valence-electron chi connectivity index (χ4n) is 2.15. The highest BCUT2D eigenvalue weighted by Gasteiger charge is 2.22. The Bertz CT molecular complexity index is 632. The van der Waals surface area contributed by atoms with Crippen LogP contribution in [0, 0.1) is 0 Å². The van der Waals surface area contributed by atoms with Crippen LogP contribution in [0.25, 0.3) is 0 Å². The zero-order valence-electron chi connectivity index (χ0n) is 10.1. The molecule has 2 aromatic heterocycles. The topological polar surface area (TPSA) is 59.0 Å². The smallest absolute Gasteiger partial charge is 0.255 e. The highest BCUT2D eigenvalue weighted by atomic mass is 79.9. The molecular formula is C13H11BrN4O. The molecule has 0 radical (unpaired) electrons. The summed E-state index contributed by atoms with van der Waals surface area (Å²) in [5, 5.41) is 0. The molecule has 6 heteroatoms. The summed E-state index contributed by atoms with van der Waals surface area (Å²) in [6, 6.07) is 1.78. The van der Waals surface area contributed by atoms with Crippen LogP contribution in [-0.4, -0.2) is 32.3 Å². The third kappa shape index (κ3) is 2.49. The second-order valence-electron chi connectivity index (χ2n) is 4.36. The van der Waals surface area contributed by atoms with Crippen LogP contribution in [-0.2, 0) is 13.0 Å². The summed E-state index contributed by atoms with van der Waals surface area (Å²) in [7, 11) is 0. The number of rotatable bonds is 1. The maximum absolute atomic E-state index is 12.4. The minimum Gasteiger partial charge on any atom is -0.334 e. The van der Waals surface area contributed by atoms with E-state index in [1.54, 1.807) is 35.9 Å². The molecule has 19 heavy (non-hydrogen) atoms. The normalized spacial score (nSPS) is 14.1. The molecule has 0 bridgehead atoms. The summed E-state index contributed by atoms with van der Waals surface area (Å²) in [5.41, 5.74) is 2.64. The van der Waals surface area contributed by atoms with Crippen molar-refractivity contribution in [3.05, 3.63) is 52.3 Å². The number of amides is 1. The first kappa shape index (κ1) is 12.2. The van der Waals surface area contributed by atoms with Crippen molar-refractivity contribution in [3.8, 4) is 0 Å². The Hall–Kier alpha value is -1.82. The number of aromatic nitrogens is 3. The predicted molar refractivity (Wildman–Crippen MR) is 72.4 cm³/mol. The molecule has 3 heterocycles. The maximum Gasteiger partial charge on any atom is 0.255 e. The summed E-state index contributed by atoms with van der Waals surface area (Å²) < 4.78 is 0.805. The van der Waals surface area contributed by atoms with Gasteiger partial charge in [0, 0.05) is 48.1 Å². The molecule has 1 aliphatic rings. The Morgan fingerprint density at radius 2 is 2.16 bits per heavy atom. The zero-order valence-corrected chi connectivity index (χ0v) is 11.7. The molecular weight excluding hydrogens is 308 g/mol. The van der Waals surface area contributed by atoms with Gasteiger partial charge in [-0.05, 0) is 22.0 Å². The van der Waals surface area contributed by atoms with E-state index < -0.39 is 0 Å². The quantitative estimate of drug-likeness (QED) is 0.805. The van der Waals surface area contributed by atoms with Crippen molar-refractivity contribution in [2.24, 2.45) is 0 Å². The summed E-state index contributed by atoms with van der Waals surface area (Å²) in [4.78, 5) is 26.5. The molecule has 0 saturated carbocycles. The van der Waals surface area contributed by atoms with Gasteiger partial charge in [-0.3, -0.25) is 9.78 Å². The van der Waals surface area contributed by atoms with Gasteiger partial charge in [0.1, 0.15) is 6.33 Å². The number of pyridine rings is 1. The van der Waals surface area contributed by atoms with Gasteiger partial charge in [0.2, 0.25) is 0 Å². The molecule has 0 fully saturated rings. The lowest BCUT2D eigenvalue weighted by atomic mass is 10.1. The second-order valence-corrected chi connectivity index (χ2v) is 5.28. The van der Waals surface area contributed by atoms with E-state index in [9.17, 15) is 4.79 Å². The van der Waals surface area contributed by atoms with E-state index in [1.165, 1.54) is 0 Å². The van der Waals surface area contributed by atoms with E-state index in [2.05, 4.69) is 30.9 Å². The number of nitrogens with zero attached hydrogens (tertiary/aromatic N) is 4. The van der Waals surface area contributed by atoms with Gasteiger partial charge in [-0.1, -0.05) is 0 Å². The monoisotopic (exact) mass is 318 g/mol. The first-order valence-electron chi connectivity index (χ1n) is 5.91. The lowest BCUT2D eigenvalue weighted by Gasteiger charge is -2.27. The van der Waals surface area contributed by atoms with E-state index in [4.69, 9.17) is 0 Å². The fourth-order valence-corrected chi connectivity index (χ4v) is 2.52. The SMILES string of the molecule is O=C(c1cncc(Br)c1)N1CCc2ncncc2C1. The molecule has 3 rings (SSSR count). The molecule has 0 N–H and O–H groups in total. The van der Waals surface area contributed by atoms with Gasteiger partial charge in [0.25, 0.3) is 5.91 Å². The van der Waals surface area contributed by atoms with Crippen molar-refractivity contribution in [1.29, 1.82) is 0 Å². The van der Waals surface area contributed by atoms with E-state index in [0.717, 1.165) is 22.2 Å². The van der Waals surface area contributed by atoms with E-state index in [1.807, 2.05) is 0 Å². The first-order valence-corrected chi connectivity index (χ1v) is 6.71. The Morgan fingerprint density at radius 1 is 1.26 bits per heavy atom. The number of halogens is 1. The van der Waals surface area contributed by atoms with E-state index >= 15 is 0 Å². The first-order chi connectivity index (χ1) is 9.24. The molecule has 0 saturated heterocycles.